The van der Waals surface area contributed by atoms with Crippen LogP contribution in [0.4, 0.5) is 4.79 Å². The van der Waals surface area contributed by atoms with Crippen molar-refractivity contribution in [1.82, 2.24) is 15.0 Å². The van der Waals surface area contributed by atoms with E-state index in [4.69, 9.17) is 5.11 Å². The molecule has 2 aromatic heterocycles. The van der Waals surface area contributed by atoms with Crippen LogP contribution in [0.15, 0.2) is 47.3 Å². The van der Waals surface area contributed by atoms with Gasteiger partial charge in [0.25, 0.3) is 5.24 Å². The van der Waals surface area contributed by atoms with Crippen LogP contribution in [0.5, 0.6) is 0 Å². The molecule has 3 heterocycles. The predicted molar refractivity (Wildman–Crippen MR) is 140 cm³/mol. The van der Waals surface area contributed by atoms with Crippen molar-refractivity contribution in [2.45, 2.75) is 25.4 Å². The zero-order valence-electron chi connectivity index (χ0n) is 18.9. The first-order valence-electron chi connectivity index (χ1n) is 11.2. The van der Waals surface area contributed by atoms with Gasteiger partial charge < -0.3 is 10.2 Å². The molecule has 10 heteroatoms. The summed E-state index contributed by atoms with van der Waals surface area (Å²) in [4.78, 5) is 29.0. The number of amides is 1. The number of thioether (sulfide) groups is 1. The first kappa shape index (κ1) is 25.4. The van der Waals surface area contributed by atoms with Gasteiger partial charge in [-0.3, -0.25) is 9.80 Å². The lowest BCUT2D eigenvalue weighted by Gasteiger charge is -2.38. The number of rotatable bonds is 9. The molecule has 2 N–H and O–H groups in total. The lowest BCUT2D eigenvalue weighted by atomic mass is 10.0. The van der Waals surface area contributed by atoms with E-state index in [1.54, 1.807) is 22.7 Å². The van der Waals surface area contributed by atoms with Crippen molar-refractivity contribution in [3.63, 3.8) is 0 Å². The number of carbonyl (C=O) groups is 2. The number of hydrogen-bond acceptors (Lipinski definition) is 8. The Balaban J connectivity index is 1.30. The minimum atomic E-state index is -0.932. The van der Waals surface area contributed by atoms with Crippen molar-refractivity contribution in [2.24, 2.45) is 0 Å². The van der Waals surface area contributed by atoms with E-state index in [0.29, 0.717) is 43.0 Å². The molecule has 0 aliphatic carbocycles. The summed E-state index contributed by atoms with van der Waals surface area (Å²) in [7, 11) is 0. The number of thiophene rings is 1. The maximum atomic E-state index is 12.5. The third-order valence-electron chi connectivity index (χ3n) is 5.46. The fourth-order valence-corrected chi connectivity index (χ4v) is 5.87. The second kappa shape index (κ2) is 12.3. The molecular formula is C25H25N3O4S3. The Morgan fingerprint density at radius 1 is 1.20 bits per heavy atom. The van der Waals surface area contributed by atoms with Crippen molar-refractivity contribution in [1.29, 1.82) is 0 Å². The lowest BCUT2D eigenvalue weighted by molar-refractivity contribution is 0.0148. The number of aliphatic hydroxyl groups is 1. The summed E-state index contributed by atoms with van der Waals surface area (Å²) in [6.45, 7) is 1.79. The molecule has 0 unspecified atom stereocenters. The van der Waals surface area contributed by atoms with Crippen LogP contribution in [0.1, 0.15) is 37.8 Å². The third kappa shape index (κ3) is 7.40. The van der Waals surface area contributed by atoms with Crippen molar-refractivity contribution < 1.29 is 19.8 Å². The Morgan fingerprint density at radius 2 is 2.09 bits per heavy atom. The quantitative estimate of drug-likeness (QED) is 0.402. The summed E-state index contributed by atoms with van der Waals surface area (Å²) in [6.07, 6.45) is 1.10. The molecule has 4 rings (SSSR count). The van der Waals surface area contributed by atoms with E-state index >= 15 is 0 Å². The van der Waals surface area contributed by atoms with E-state index in [2.05, 4.69) is 16.8 Å². The predicted octanol–water partition coefficient (Wildman–Crippen LogP) is 4.22. The molecular weight excluding hydrogens is 502 g/mol. The van der Waals surface area contributed by atoms with Gasteiger partial charge in [0.1, 0.15) is 10.6 Å². The molecule has 0 saturated carbocycles. The lowest BCUT2D eigenvalue weighted by Crippen LogP contribution is -2.51. The SMILES string of the molecule is O=C(O)c1ccc(CCN2C(=O)SCCN2CC[C@@H](O)Cc2cccc(C#Cc3cscn3)c2)s1. The first-order chi connectivity index (χ1) is 17.0. The van der Waals surface area contributed by atoms with Gasteiger partial charge in [0.15, 0.2) is 0 Å². The van der Waals surface area contributed by atoms with Crippen molar-refractivity contribution in [3.8, 4) is 11.8 Å². The van der Waals surface area contributed by atoms with Gasteiger partial charge in [0.2, 0.25) is 0 Å². The topological polar surface area (TPSA) is 94.0 Å². The van der Waals surface area contributed by atoms with Crippen LogP contribution in [0.2, 0.25) is 0 Å². The van der Waals surface area contributed by atoms with Crippen LogP contribution in [0.3, 0.4) is 0 Å². The highest BCUT2D eigenvalue weighted by Crippen LogP contribution is 2.22. The Hall–Kier alpha value is -2.68. The number of hydrazine groups is 1. The number of aromatic carboxylic acids is 1. The van der Waals surface area contributed by atoms with Gasteiger partial charge in [-0.25, -0.2) is 14.8 Å². The molecule has 7 nitrogen and oxygen atoms in total. The van der Waals surface area contributed by atoms with Crippen LogP contribution in [0, 0.1) is 11.8 Å². The number of aromatic nitrogens is 1. The van der Waals surface area contributed by atoms with Gasteiger partial charge in [-0.1, -0.05) is 29.8 Å². The van der Waals surface area contributed by atoms with Crippen molar-refractivity contribution in [3.05, 3.63) is 73.9 Å². The molecule has 1 amide bonds. The maximum Gasteiger partial charge on any atom is 0.345 e. The van der Waals surface area contributed by atoms with Gasteiger partial charge >= 0.3 is 5.97 Å². The highest BCUT2D eigenvalue weighted by atomic mass is 32.2. The second-order valence-corrected chi connectivity index (χ2v) is 10.9. The van der Waals surface area contributed by atoms with E-state index in [-0.39, 0.29) is 5.24 Å². The summed E-state index contributed by atoms with van der Waals surface area (Å²) in [5.41, 5.74) is 4.40. The largest absolute Gasteiger partial charge is 0.477 e. The Kier molecular flexibility index (Phi) is 8.95. The van der Waals surface area contributed by atoms with E-state index in [1.165, 1.54) is 34.4 Å². The van der Waals surface area contributed by atoms with E-state index in [1.807, 2.05) is 34.7 Å². The molecule has 1 fully saturated rings. The number of aliphatic hydroxyl groups excluding tert-OH is 1. The molecule has 35 heavy (non-hydrogen) atoms. The normalized spacial score (nSPS) is 15.0. The first-order valence-corrected chi connectivity index (χ1v) is 13.9. The number of thiazole rings is 1. The Bertz CT molecular complexity index is 1220. The van der Waals surface area contributed by atoms with Crippen LogP contribution < -0.4 is 0 Å². The molecule has 1 aromatic carbocycles. The molecule has 0 radical (unpaired) electrons. The zero-order valence-corrected chi connectivity index (χ0v) is 21.4. The van der Waals surface area contributed by atoms with Crippen LogP contribution in [-0.4, -0.2) is 67.9 Å². The standard InChI is InChI=1S/C25H25N3O4S3/c29-21(15-19-3-1-2-18(14-19)4-5-20-16-33-17-26-20)8-10-27-12-13-34-25(32)28(27)11-9-22-6-7-23(35-22)24(30)31/h1-3,6-7,14,16-17,21,29H,8-13,15H2,(H,30,31)/t21-/m1/s1. The van der Waals surface area contributed by atoms with Gasteiger partial charge in [0.05, 0.1) is 11.6 Å². The summed E-state index contributed by atoms with van der Waals surface area (Å²) < 4.78 is 0. The summed E-state index contributed by atoms with van der Waals surface area (Å²) in [5.74, 6) is 5.94. The van der Waals surface area contributed by atoms with Gasteiger partial charge in [0, 0.05) is 47.6 Å². The minimum absolute atomic E-state index is 0.00728. The van der Waals surface area contributed by atoms with Crippen LogP contribution in [-0.2, 0) is 12.8 Å². The third-order valence-corrected chi connectivity index (χ3v) is 8.02. The number of carbonyl (C=O) groups excluding carboxylic acids is 1. The molecule has 0 bridgehead atoms. The maximum absolute atomic E-state index is 12.5. The molecule has 0 spiro atoms. The summed E-state index contributed by atoms with van der Waals surface area (Å²) in [6, 6.07) is 11.3. The smallest absolute Gasteiger partial charge is 0.345 e. The average molecular weight is 528 g/mol. The minimum Gasteiger partial charge on any atom is -0.477 e. The highest BCUT2D eigenvalue weighted by molar-refractivity contribution is 8.13. The van der Waals surface area contributed by atoms with Gasteiger partial charge in [-0.2, -0.15) is 0 Å². The molecule has 3 aromatic rings. The fourth-order valence-electron chi connectivity index (χ4n) is 3.72. The number of carboxylic acids is 1. The average Bonchev–Trinajstić information content (AvgIpc) is 3.53. The van der Waals surface area contributed by atoms with Crippen LogP contribution >= 0.6 is 34.4 Å². The molecule has 1 aliphatic rings. The number of benzene rings is 1. The number of hydrogen-bond donors (Lipinski definition) is 2. The highest BCUT2D eigenvalue weighted by Gasteiger charge is 2.27. The van der Waals surface area contributed by atoms with Gasteiger partial charge in [-0.15, -0.1) is 22.7 Å². The van der Waals surface area contributed by atoms with Crippen molar-refractivity contribution in [2.75, 3.05) is 25.4 Å². The second-order valence-electron chi connectivity index (χ2n) is 7.98. The molecule has 182 valence electrons. The van der Waals surface area contributed by atoms with E-state index in [9.17, 15) is 14.7 Å². The summed E-state index contributed by atoms with van der Waals surface area (Å²) >= 11 is 4.04. The molecule has 1 aliphatic heterocycles. The Labute approximate surface area is 216 Å². The van der Waals surface area contributed by atoms with Crippen LogP contribution in [0.25, 0.3) is 0 Å². The number of carboxylic acid groups (broad SMARTS) is 1. The van der Waals surface area contributed by atoms with E-state index in [0.717, 1.165) is 28.2 Å². The monoisotopic (exact) mass is 527 g/mol. The summed E-state index contributed by atoms with van der Waals surface area (Å²) in [5, 5.41) is 25.4. The van der Waals surface area contributed by atoms with Gasteiger partial charge in [-0.05, 0) is 48.6 Å². The van der Waals surface area contributed by atoms with Crippen molar-refractivity contribution >= 4 is 45.6 Å². The Morgan fingerprint density at radius 3 is 2.86 bits per heavy atom. The fraction of sp³-hybridized carbons (Fsp3) is 0.320. The molecule has 1 saturated heterocycles. The number of nitrogens with zero attached hydrogens (tertiary/aromatic N) is 3. The van der Waals surface area contributed by atoms with E-state index < -0.39 is 12.1 Å². The molecule has 1 atom stereocenters. The zero-order chi connectivity index (χ0) is 24.6.